The number of hydrogen-bond acceptors (Lipinski definition) is 5. The second-order valence-corrected chi connectivity index (χ2v) is 5.88. The van der Waals surface area contributed by atoms with Gasteiger partial charge in [0.1, 0.15) is 0 Å². The van der Waals surface area contributed by atoms with Gasteiger partial charge < -0.3 is 4.74 Å². The standard InChI is InChI=1S/C15H19N5O/c1-11-3-2-4-12(17-11)8-19-6-5-14-15(9-19)21-10-13-7-16-18-20(13)14/h2-4,7,14-15H,5-6,8-10H2,1H3/t14-,15-/m0/s1. The van der Waals surface area contributed by atoms with Gasteiger partial charge in [-0.25, -0.2) is 4.68 Å². The van der Waals surface area contributed by atoms with E-state index in [1.54, 1.807) is 6.20 Å². The lowest BCUT2D eigenvalue weighted by molar-refractivity contribution is -0.0706. The van der Waals surface area contributed by atoms with Crippen LogP contribution in [0.1, 0.15) is 29.5 Å². The second-order valence-electron chi connectivity index (χ2n) is 5.88. The van der Waals surface area contributed by atoms with E-state index in [9.17, 15) is 0 Å². The smallest absolute Gasteiger partial charge is 0.0932 e. The SMILES string of the molecule is Cc1cccc(CN2CC[C@H]3[C@H](C2)OCc2cnnn23)n1. The van der Waals surface area contributed by atoms with Crippen LogP contribution in [0.3, 0.4) is 0 Å². The van der Waals surface area contributed by atoms with Crippen LogP contribution in [0.5, 0.6) is 0 Å². The molecule has 2 aromatic rings. The molecule has 0 aromatic carbocycles. The molecule has 0 amide bonds. The summed E-state index contributed by atoms with van der Waals surface area (Å²) in [7, 11) is 0. The van der Waals surface area contributed by atoms with E-state index in [4.69, 9.17) is 4.74 Å². The molecule has 2 atom stereocenters. The summed E-state index contributed by atoms with van der Waals surface area (Å²) in [5.41, 5.74) is 3.29. The van der Waals surface area contributed by atoms with Crippen molar-refractivity contribution in [2.75, 3.05) is 13.1 Å². The van der Waals surface area contributed by atoms with Crippen LogP contribution in [-0.4, -0.2) is 44.1 Å². The molecule has 6 heteroatoms. The minimum absolute atomic E-state index is 0.206. The fourth-order valence-electron chi connectivity index (χ4n) is 3.31. The van der Waals surface area contributed by atoms with E-state index in [1.165, 1.54) is 0 Å². The van der Waals surface area contributed by atoms with E-state index in [1.807, 2.05) is 13.0 Å². The first-order valence-electron chi connectivity index (χ1n) is 7.45. The minimum atomic E-state index is 0.206. The number of aromatic nitrogens is 4. The zero-order valence-electron chi connectivity index (χ0n) is 12.1. The summed E-state index contributed by atoms with van der Waals surface area (Å²) in [5.74, 6) is 0. The number of fused-ring (bicyclic) bond motifs is 3. The molecule has 0 unspecified atom stereocenters. The number of piperidine rings is 1. The molecule has 0 N–H and O–H groups in total. The molecule has 2 aromatic heterocycles. The predicted octanol–water partition coefficient (Wildman–Crippen LogP) is 1.33. The molecule has 2 aliphatic heterocycles. The van der Waals surface area contributed by atoms with E-state index in [-0.39, 0.29) is 6.10 Å². The van der Waals surface area contributed by atoms with Gasteiger partial charge in [-0.1, -0.05) is 11.3 Å². The zero-order chi connectivity index (χ0) is 14.2. The van der Waals surface area contributed by atoms with Gasteiger partial charge in [0, 0.05) is 25.3 Å². The maximum absolute atomic E-state index is 6.00. The Morgan fingerprint density at radius 3 is 3.24 bits per heavy atom. The first-order chi connectivity index (χ1) is 10.3. The molecule has 4 heterocycles. The summed E-state index contributed by atoms with van der Waals surface area (Å²) in [5, 5.41) is 8.22. The average Bonchev–Trinajstić information content (AvgIpc) is 2.96. The second kappa shape index (κ2) is 5.20. The quantitative estimate of drug-likeness (QED) is 0.833. The Morgan fingerprint density at radius 1 is 1.38 bits per heavy atom. The summed E-state index contributed by atoms with van der Waals surface area (Å²) in [6, 6.07) is 6.53. The Labute approximate surface area is 123 Å². The molecule has 4 rings (SSSR count). The van der Waals surface area contributed by atoms with Gasteiger partial charge >= 0.3 is 0 Å². The van der Waals surface area contributed by atoms with Gasteiger partial charge in [0.2, 0.25) is 0 Å². The Hall–Kier alpha value is -1.79. The van der Waals surface area contributed by atoms with Crippen LogP contribution < -0.4 is 0 Å². The monoisotopic (exact) mass is 285 g/mol. The van der Waals surface area contributed by atoms with Gasteiger partial charge in [-0.05, 0) is 25.5 Å². The maximum Gasteiger partial charge on any atom is 0.0932 e. The van der Waals surface area contributed by atoms with E-state index < -0.39 is 0 Å². The van der Waals surface area contributed by atoms with Crippen molar-refractivity contribution >= 4 is 0 Å². The van der Waals surface area contributed by atoms with Crippen molar-refractivity contribution in [1.29, 1.82) is 0 Å². The third kappa shape index (κ3) is 2.45. The van der Waals surface area contributed by atoms with Crippen LogP contribution in [0.4, 0.5) is 0 Å². The molecule has 0 aliphatic carbocycles. The molecule has 110 valence electrons. The van der Waals surface area contributed by atoms with Crippen LogP contribution in [0.15, 0.2) is 24.4 Å². The van der Waals surface area contributed by atoms with Crippen LogP contribution in [0, 0.1) is 6.92 Å². The summed E-state index contributed by atoms with van der Waals surface area (Å²) >= 11 is 0. The minimum Gasteiger partial charge on any atom is -0.368 e. The summed E-state index contributed by atoms with van der Waals surface area (Å²) in [6.07, 6.45) is 3.06. The lowest BCUT2D eigenvalue weighted by Crippen LogP contribution is -2.48. The van der Waals surface area contributed by atoms with Gasteiger partial charge in [-0.15, -0.1) is 5.10 Å². The number of nitrogens with zero attached hydrogens (tertiary/aromatic N) is 5. The third-order valence-corrected chi connectivity index (χ3v) is 4.35. The maximum atomic E-state index is 6.00. The van der Waals surface area contributed by atoms with Crippen LogP contribution >= 0.6 is 0 Å². The predicted molar refractivity (Wildman–Crippen MR) is 76.5 cm³/mol. The number of hydrogen-bond donors (Lipinski definition) is 0. The average molecular weight is 285 g/mol. The van der Waals surface area contributed by atoms with E-state index >= 15 is 0 Å². The van der Waals surface area contributed by atoms with E-state index in [2.05, 4.69) is 37.0 Å². The van der Waals surface area contributed by atoms with Gasteiger partial charge in [-0.3, -0.25) is 9.88 Å². The molecule has 0 saturated carbocycles. The number of ether oxygens (including phenoxy) is 1. The van der Waals surface area contributed by atoms with E-state index in [0.717, 1.165) is 43.1 Å². The molecule has 6 nitrogen and oxygen atoms in total. The van der Waals surface area contributed by atoms with Crippen LogP contribution in [0.2, 0.25) is 0 Å². The first kappa shape index (κ1) is 12.9. The molecular weight excluding hydrogens is 266 g/mol. The van der Waals surface area contributed by atoms with Crippen molar-refractivity contribution in [3.05, 3.63) is 41.5 Å². The van der Waals surface area contributed by atoms with Crippen molar-refractivity contribution in [3.8, 4) is 0 Å². The van der Waals surface area contributed by atoms with Crippen molar-refractivity contribution in [3.63, 3.8) is 0 Å². The highest BCUT2D eigenvalue weighted by atomic mass is 16.5. The summed E-state index contributed by atoms with van der Waals surface area (Å²) in [4.78, 5) is 7.01. The Morgan fingerprint density at radius 2 is 2.33 bits per heavy atom. The molecule has 21 heavy (non-hydrogen) atoms. The summed E-state index contributed by atoms with van der Waals surface area (Å²) < 4.78 is 8.05. The van der Waals surface area contributed by atoms with Crippen molar-refractivity contribution in [1.82, 2.24) is 24.9 Å². The Balaban J connectivity index is 1.46. The number of rotatable bonds is 2. The van der Waals surface area contributed by atoms with Gasteiger partial charge in [-0.2, -0.15) is 0 Å². The summed E-state index contributed by atoms with van der Waals surface area (Å²) in [6.45, 7) is 5.51. The molecule has 1 saturated heterocycles. The third-order valence-electron chi connectivity index (χ3n) is 4.35. The molecular formula is C15H19N5O. The van der Waals surface area contributed by atoms with Crippen molar-refractivity contribution in [2.24, 2.45) is 0 Å². The fraction of sp³-hybridized carbons (Fsp3) is 0.533. The highest BCUT2D eigenvalue weighted by Gasteiger charge is 2.36. The van der Waals surface area contributed by atoms with Crippen LogP contribution in [0.25, 0.3) is 0 Å². The highest BCUT2D eigenvalue weighted by molar-refractivity contribution is 5.10. The normalized spacial score (nSPS) is 25.4. The van der Waals surface area contributed by atoms with Crippen LogP contribution in [-0.2, 0) is 17.9 Å². The van der Waals surface area contributed by atoms with E-state index in [0.29, 0.717) is 12.6 Å². The van der Waals surface area contributed by atoms with Gasteiger partial charge in [0.25, 0.3) is 0 Å². The number of aryl methyl sites for hydroxylation is 1. The topological polar surface area (TPSA) is 56.1 Å². The lowest BCUT2D eigenvalue weighted by atomic mass is 10.00. The van der Waals surface area contributed by atoms with Crippen molar-refractivity contribution in [2.45, 2.75) is 38.6 Å². The highest BCUT2D eigenvalue weighted by Crippen LogP contribution is 2.30. The Kier molecular flexibility index (Phi) is 3.20. The van der Waals surface area contributed by atoms with Crippen molar-refractivity contribution < 1.29 is 4.74 Å². The van der Waals surface area contributed by atoms with Gasteiger partial charge in [0.05, 0.1) is 36.3 Å². The largest absolute Gasteiger partial charge is 0.368 e. The first-order valence-corrected chi connectivity index (χ1v) is 7.45. The Bertz CT molecular complexity index is 640. The fourth-order valence-corrected chi connectivity index (χ4v) is 3.31. The lowest BCUT2D eigenvalue weighted by Gasteiger charge is -2.40. The number of pyridine rings is 1. The number of likely N-dealkylation sites (tertiary alicyclic amines) is 1. The molecule has 0 spiro atoms. The molecule has 0 radical (unpaired) electrons. The molecule has 0 bridgehead atoms. The zero-order valence-corrected chi connectivity index (χ0v) is 12.1. The molecule has 2 aliphatic rings. The molecule has 1 fully saturated rings. The van der Waals surface area contributed by atoms with Gasteiger partial charge in [0.15, 0.2) is 0 Å².